The van der Waals surface area contributed by atoms with Gasteiger partial charge in [0, 0.05) is 50.6 Å². The third-order valence-electron chi connectivity index (χ3n) is 12.8. The van der Waals surface area contributed by atoms with Gasteiger partial charge in [-0.15, -0.1) is 0 Å². The first kappa shape index (κ1) is 36.7. The smallest absolute Gasteiger partial charge is 0.132 e. The maximum absolute atomic E-state index is 6.51. The van der Waals surface area contributed by atoms with Crippen molar-refractivity contribution in [2.45, 2.75) is 12.0 Å². The van der Waals surface area contributed by atoms with Crippen molar-refractivity contribution >= 4 is 38.9 Å². The molecule has 63 heavy (non-hydrogen) atoms. The number of hydrogen-bond donors (Lipinski definition) is 0. The highest BCUT2D eigenvalue weighted by Gasteiger charge is 2.33. The van der Waals surface area contributed by atoms with Gasteiger partial charge in [0.2, 0.25) is 0 Å². The third kappa shape index (κ3) is 6.54. The summed E-state index contributed by atoms with van der Waals surface area (Å²) < 4.78 is 8.90. The summed E-state index contributed by atoms with van der Waals surface area (Å²) in [4.78, 5) is 2.34. The number of aromatic nitrogens is 1. The van der Waals surface area contributed by atoms with E-state index in [1.54, 1.807) is 0 Å². The molecule has 2 unspecified atom stereocenters. The van der Waals surface area contributed by atoms with Crippen molar-refractivity contribution in [2.75, 3.05) is 4.90 Å². The first-order valence-electron chi connectivity index (χ1n) is 21.7. The molecule has 0 radical (unpaired) electrons. The average molecular weight is 807 g/mol. The lowest BCUT2D eigenvalue weighted by Gasteiger charge is -2.26. The van der Waals surface area contributed by atoms with Crippen LogP contribution in [-0.2, 0) is 0 Å². The molecule has 12 rings (SSSR count). The standard InChI is InChI=1S/C60H42N2O/c1-3-12-41(13-4-1)43-22-31-48(32-23-43)61(49-33-24-44(25-34-49)42-14-5-2-6-15-42)50-35-26-45(27-36-50)47-30-39-58-56(40-47)53-16-7-9-20-57(53)62(58)51-37-28-46(29-38-51)52-18-11-19-55-54-17-8-10-21-59(54)63-60(52)55/h1-40,54,59H. The van der Waals surface area contributed by atoms with Crippen LogP contribution in [0.5, 0.6) is 5.75 Å². The highest BCUT2D eigenvalue weighted by atomic mass is 16.5. The number of anilines is 3. The summed E-state index contributed by atoms with van der Waals surface area (Å²) in [5.41, 5.74) is 17.5. The molecular weight excluding hydrogens is 765 g/mol. The van der Waals surface area contributed by atoms with Gasteiger partial charge in [0.25, 0.3) is 0 Å². The average Bonchev–Trinajstić information content (AvgIpc) is 3.91. The van der Waals surface area contributed by atoms with E-state index in [2.05, 4.69) is 252 Å². The molecule has 3 heteroatoms. The Morgan fingerprint density at radius 3 is 1.52 bits per heavy atom. The van der Waals surface area contributed by atoms with Crippen LogP contribution in [0.1, 0.15) is 11.5 Å². The summed E-state index contributed by atoms with van der Waals surface area (Å²) in [6.07, 6.45) is 8.68. The molecule has 0 bridgehead atoms. The van der Waals surface area contributed by atoms with Crippen LogP contribution in [0.15, 0.2) is 243 Å². The number of ether oxygens (including phenoxy) is 1. The Hall–Kier alpha value is -8.14. The number of benzene rings is 9. The van der Waals surface area contributed by atoms with E-state index in [-0.39, 0.29) is 12.0 Å². The van der Waals surface area contributed by atoms with Crippen LogP contribution < -0.4 is 9.64 Å². The minimum atomic E-state index is 0.0625. The third-order valence-corrected chi connectivity index (χ3v) is 12.8. The Balaban J connectivity index is 0.879. The van der Waals surface area contributed by atoms with Crippen LogP contribution in [0, 0.1) is 0 Å². The van der Waals surface area contributed by atoms with Crippen LogP contribution in [0.2, 0.25) is 0 Å². The minimum absolute atomic E-state index is 0.0625. The van der Waals surface area contributed by atoms with Crippen molar-refractivity contribution in [3.05, 3.63) is 248 Å². The van der Waals surface area contributed by atoms with Gasteiger partial charge in [-0.25, -0.2) is 0 Å². The summed E-state index contributed by atoms with van der Waals surface area (Å²) in [6.45, 7) is 0. The molecule has 0 saturated carbocycles. The van der Waals surface area contributed by atoms with Crippen molar-refractivity contribution in [3.8, 4) is 55.9 Å². The summed E-state index contributed by atoms with van der Waals surface area (Å²) in [5, 5.41) is 2.46. The van der Waals surface area contributed by atoms with Crippen LogP contribution in [0.3, 0.4) is 0 Å². The van der Waals surface area contributed by atoms with Gasteiger partial charge in [-0.1, -0.05) is 170 Å². The fraction of sp³-hybridized carbons (Fsp3) is 0.0333. The monoisotopic (exact) mass is 806 g/mol. The molecule has 2 aliphatic rings. The van der Waals surface area contributed by atoms with E-state index in [4.69, 9.17) is 4.74 Å². The Kier molecular flexibility index (Phi) is 8.97. The second kappa shape index (κ2) is 15.4. The largest absolute Gasteiger partial charge is 0.484 e. The summed E-state index contributed by atoms with van der Waals surface area (Å²) in [5.74, 6) is 1.27. The molecule has 2 heterocycles. The number of hydrogen-bond acceptors (Lipinski definition) is 2. The number of allylic oxidation sites excluding steroid dienone is 2. The van der Waals surface area contributed by atoms with Crippen LogP contribution >= 0.6 is 0 Å². The zero-order chi connectivity index (χ0) is 41.7. The molecule has 0 spiro atoms. The molecule has 1 aromatic heterocycles. The van der Waals surface area contributed by atoms with Gasteiger partial charge in [-0.3, -0.25) is 0 Å². The molecule has 1 aliphatic carbocycles. The van der Waals surface area contributed by atoms with Crippen molar-refractivity contribution in [1.29, 1.82) is 0 Å². The minimum Gasteiger partial charge on any atom is -0.484 e. The van der Waals surface area contributed by atoms with Crippen molar-refractivity contribution in [3.63, 3.8) is 0 Å². The quantitative estimate of drug-likeness (QED) is 0.152. The molecule has 3 nitrogen and oxygen atoms in total. The SMILES string of the molecule is C1=CC2Oc3c(-c4ccc(-n5c6ccccc6c6cc(-c7ccc(N(c8ccc(-c9ccccc9)cc8)c8ccc(-c9ccccc9)cc8)cc7)ccc65)cc4)cccc3C2C=C1. The number of nitrogens with zero attached hydrogens (tertiary/aromatic N) is 2. The van der Waals surface area contributed by atoms with Gasteiger partial charge in [-0.2, -0.15) is 0 Å². The first-order valence-corrected chi connectivity index (χ1v) is 21.7. The van der Waals surface area contributed by atoms with Gasteiger partial charge >= 0.3 is 0 Å². The zero-order valence-corrected chi connectivity index (χ0v) is 34.6. The van der Waals surface area contributed by atoms with E-state index in [9.17, 15) is 0 Å². The van der Waals surface area contributed by atoms with Gasteiger partial charge in [-0.05, 0) is 112 Å². The molecule has 10 aromatic rings. The fourth-order valence-electron chi connectivity index (χ4n) is 9.63. The lowest BCUT2D eigenvalue weighted by atomic mass is 9.90. The zero-order valence-electron chi connectivity index (χ0n) is 34.6. The van der Waals surface area contributed by atoms with E-state index in [1.165, 1.54) is 60.8 Å². The van der Waals surface area contributed by atoms with E-state index in [1.807, 2.05) is 0 Å². The normalized spacial score (nSPS) is 15.0. The molecule has 0 fully saturated rings. The molecule has 9 aromatic carbocycles. The number of rotatable bonds is 8. The van der Waals surface area contributed by atoms with Crippen LogP contribution in [0.25, 0.3) is 72.0 Å². The van der Waals surface area contributed by atoms with E-state index < -0.39 is 0 Å². The topological polar surface area (TPSA) is 17.4 Å². The van der Waals surface area contributed by atoms with E-state index in [0.29, 0.717) is 0 Å². The van der Waals surface area contributed by atoms with Gasteiger partial charge in [0.15, 0.2) is 0 Å². The van der Waals surface area contributed by atoms with E-state index >= 15 is 0 Å². The summed E-state index contributed by atoms with van der Waals surface area (Å²) >= 11 is 0. The molecule has 0 saturated heterocycles. The lowest BCUT2D eigenvalue weighted by Crippen LogP contribution is -2.15. The maximum Gasteiger partial charge on any atom is 0.132 e. The van der Waals surface area contributed by atoms with Crippen LogP contribution in [-0.4, -0.2) is 10.7 Å². The Bertz CT molecular complexity index is 3240. The first-order chi connectivity index (χ1) is 31.2. The predicted molar refractivity (Wildman–Crippen MR) is 263 cm³/mol. The molecule has 0 amide bonds. The van der Waals surface area contributed by atoms with Gasteiger partial charge in [0.1, 0.15) is 11.9 Å². The summed E-state index contributed by atoms with van der Waals surface area (Å²) in [6, 6.07) is 79.0. The Morgan fingerprint density at radius 1 is 0.381 bits per heavy atom. The molecule has 298 valence electrons. The number of para-hydroxylation sites is 2. The van der Waals surface area contributed by atoms with Crippen LogP contribution in [0.4, 0.5) is 17.1 Å². The highest BCUT2D eigenvalue weighted by Crippen LogP contribution is 2.47. The van der Waals surface area contributed by atoms with E-state index in [0.717, 1.165) is 39.6 Å². The lowest BCUT2D eigenvalue weighted by molar-refractivity contribution is 0.270. The highest BCUT2D eigenvalue weighted by molar-refractivity contribution is 6.10. The summed E-state index contributed by atoms with van der Waals surface area (Å²) in [7, 11) is 0. The second-order valence-electron chi connectivity index (χ2n) is 16.4. The molecule has 0 N–H and O–H groups in total. The molecule has 1 aliphatic heterocycles. The Labute approximate surface area is 367 Å². The maximum atomic E-state index is 6.51. The second-order valence-corrected chi connectivity index (χ2v) is 16.4. The number of fused-ring (bicyclic) bond motifs is 6. The van der Waals surface area contributed by atoms with Crippen molar-refractivity contribution in [1.82, 2.24) is 4.57 Å². The Morgan fingerprint density at radius 2 is 0.889 bits per heavy atom. The predicted octanol–water partition coefficient (Wildman–Crippen LogP) is 15.9. The molecule has 2 atom stereocenters. The van der Waals surface area contributed by atoms with Crippen molar-refractivity contribution < 1.29 is 4.74 Å². The fourth-order valence-corrected chi connectivity index (χ4v) is 9.63. The van der Waals surface area contributed by atoms with Gasteiger partial charge in [0.05, 0.1) is 11.0 Å². The molecular formula is C60H42N2O. The van der Waals surface area contributed by atoms with Gasteiger partial charge < -0.3 is 14.2 Å². The van der Waals surface area contributed by atoms with Crippen molar-refractivity contribution in [2.24, 2.45) is 0 Å².